The van der Waals surface area contributed by atoms with Gasteiger partial charge in [-0.1, -0.05) is 20.3 Å². The van der Waals surface area contributed by atoms with Crippen LogP contribution in [0.2, 0.25) is 0 Å². The maximum Gasteiger partial charge on any atom is 0.00786 e. The SMILES string of the molecule is CCCCN(C)C(C)CC(N)CC. The summed E-state index contributed by atoms with van der Waals surface area (Å²) < 4.78 is 0. The van der Waals surface area contributed by atoms with E-state index in [1.807, 2.05) is 0 Å². The highest BCUT2D eigenvalue weighted by atomic mass is 15.1. The van der Waals surface area contributed by atoms with Gasteiger partial charge in [0, 0.05) is 12.1 Å². The van der Waals surface area contributed by atoms with Gasteiger partial charge in [0.05, 0.1) is 0 Å². The molecule has 0 aliphatic heterocycles. The van der Waals surface area contributed by atoms with E-state index in [4.69, 9.17) is 5.73 Å². The predicted molar refractivity (Wildman–Crippen MR) is 59.9 cm³/mol. The van der Waals surface area contributed by atoms with Gasteiger partial charge < -0.3 is 10.6 Å². The summed E-state index contributed by atoms with van der Waals surface area (Å²) in [5.41, 5.74) is 5.91. The molecular weight excluding hydrogens is 160 g/mol. The first-order valence-corrected chi connectivity index (χ1v) is 5.57. The molecule has 0 aliphatic rings. The quantitative estimate of drug-likeness (QED) is 0.660. The molecule has 2 heteroatoms. The van der Waals surface area contributed by atoms with E-state index < -0.39 is 0 Å². The molecule has 0 amide bonds. The summed E-state index contributed by atoms with van der Waals surface area (Å²) in [6, 6.07) is 1.00. The van der Waals surface area contributed by atoms with Crippen molar-refractivity contribution in [2.24, 2.45) is 5.73 Å². The molecule has 0 heterocycles. The zero-order valence-corrected chi connectivity index (χ0v) is 9.71. The fourth-order valence-corrected chi connectivity index (χ4v) is 1.41. The Balaban J connectivity index is 3.61. The van der Waals surface area contributed by atoms with Crippen molar-refractivity contribution < 1.29 is 0 Å². The second kappa shape index (κ2) is 7.34. The molecule has 0 aliphatic carbocycles. The third-order valence-electron chi connectivity index (χ3n) is 2.79. The molecule has 0 aromatic heterocycles. The molecule has 0 aromatic rings. The number of rotatable bonds is 7. The Labute approximate surface area is 83.5 Å². The fourth-order valence-electron chi connectivity index (χ4n) is 1.41. The molecule has 13 heavy (non-hydrogen) atoms. The Morgan fingerprint density at radius 3 is 2.38 bits per heavy atom. The average molecular weight is 186 g/mol. The molecule has 0 fully saturated rings. The maximum atomic E-state index is 5.91. The van der Waals surface area contributed by atoms with Crippen LogP contribution in [-0.2, 0) is 0 Å². The van der Waals surface area contributed by atoms with Gasteiger partial charge in [0.1, 0.15) is 0 Å². The van der Waals surface area contributed by atoms with Crippen molar-refractivity contribution in [2.45, 2.75) is 58.5 Å². The van der Waals surface area contributed by atoms with Gasteiger partial charge in [-0.25, -0.2) is 0 Å². The lowest BCUT2D eigenvalue weighted by Gasteiger charge is -2.26. The monoisotopic (exact) mass is 186 g/mol. The second-order valence-corrected chi connectivity index (χ2v) is 4.09. The van der Waals surface area contributed by atoms with E-state index in [9.17, 15) is 0 Å². The predicted octanol–water partition coefficient (Wildman–Crippen LogP) is 2.23. The van der Waals surface area contributed by atoms with Gasteiger partial charge in [0.15, 0.2) is 0 Å². The zero-order valence-electron chi connectivity index (χ0n) is 9.71. The summed E-state index contributed by atoms with van der Waals surface area (Å²) >= 11 is 0. The van der Waals surface area contributed by atoms with E-state index >= 15 is 0 Å². The van der Waals surface area contributed by atoms with Crippen molar-refractivity contribution in [2.75, 3.05) is 13.6 Å². The number of nitrogens with zero attached hydrogens (tertiary/aromatic N) is 1. The Morgan fingerprint density at radius 2 is 1.92 bits per heavy atom. The van der Waals surface area contributed by atoms with Crippen molar-refractivity contribution in [3.63, 3.8) is 0 Å². The van der Waals surface area contributed by atoms with Crippen molar-refractivity contribution >= 4 is 0 Å². The zero-order chi connectivity index (χ0) is 10.3. The van der Waals surface area contributed by atoms with E-state index in [1.54, 1.807) is 0 Å². The Bertz CT molecular complexity index is 115. The number of nitrogens with two attached hydrogens (primary N) is 1. The standard InChI is InChI=1S/C11H26N2/c1-5-7-8-13(4)10(3)9-11(12)6-2/h10-11H,5-9,12H2,1-4H3. The molecule has 0 radical (unpaired) electrons. The van der Waals surface area contributed by atoms with Gasteiger partial charge >= 0.3 is 0 Å². The second-order valence-electron chi connectivity index (χ2n) is 4.09. The van der Waals surface area contributed by atoms with Crippen molar-refractivity contribution in [1.29, 1.82) is 0 Å². The van der Waals surface area contributed by atoms with Crippen LogP contribution in [0, 0.1) is 0 Å². The van der Waals surface area contributed by atoms with E-state index in [2.05, 4.69) is 32.7 Å². The molecule has 0 saturated heterocycles. The molecule has 0 spiro atoms. The molecule has 0 aromatic carbocycles. The molecule has 2 unspecified atom stereocenters. The van der Waals surface area contributed by atoms with Crippen LogP contribution in [-0.4, -0.2) is 30.6 Å². The van der Waals surface area contributed by atoms with Crippen LogP contribution in [0.5, 0.6) is 0 Å². The summed E-state index contributed by atoms with van der Waals surface area (Å²) in [6.07, 6.45) is 4.78. The first-order chi connectivity index (χ1) is 6.11. The molecule has 0 rings (SSSR count). The molecular formula is C11H26N2. The van der Waals surface area contributed by atoms with Crippen LogP contribution in [0.3, 0.4) is 0 Å². The van der Waals surface area contributed by atoms with Gasteiger partial charge in [0.2, 0.25) is 0 Å². The molecule has 0 bridgehead atoms. The van der Waals surface area contributed by atoms with Gasteiger partial charge in [-0.15, -0.1) is 0 Å². The summed E-state index contributed by atoms with van der Waals surface area (Å²) in [6.45, 7) is 7.86. The van der Waals surface area contributed by atoms with Crippen molar-refractivity contribution in [3.8, 4) is 0 Å². The molecule has 0 saturated carbocycles. The van der Waals surface area contributed by atoms with Gasteiger partial charge in [-0.2, -0.15) is 0 Å². The summed E-state index contributed by atoms with van der Waals surface area (Å²) in [5.74, 6) is 0. The molecule has 2 N–H and O–H groups in total. The fraction of sp³-hybridized carbons (Fsp3) is 1.00. The van der Waals surface area contributed by atoms with Crippen LogP contribution >= 0.6 is 0 Å². The first-order valence-electron chi connectivity index (χ1n) is 5.57. The number of hydrogen-bond donors (Lipinski definition) is 1. The number of unbranched alkanes of at least 4 members (excludes halogenated alkanes) is 1. The molecule has 80 valence electrons. The third-order valence-corrected chi connectivity index (χ3v) is 2.79. The Kier molecular flexibility index (Phi) is 7.29. The van der Waals surface area contributed by atoms with Crippen LogP contribution < -0.4 is 5.73 Å². The van der Waals surface area contributed by atoms with E-state index in [0.717, 1.165) is 12.8 Å². The van der Waals surface area contributed by atoms with E-state index in [-0.39, 0.29) is 0 Å². The van der Waals surface area contributed by atoms with Crippen LogP contribution in [0.15, 0.2) is 0 Å². The minimum atomic E-state index is 0.374. The largest absolute Gasteiger partial charge is 0.328 e. The smallest absolute Gasteiger partial charge is 0.00786 e. The van der Waals surface area contributed by atoms with Gasteiger partial charge in [-0.05, 0) is 39.8 Å². The maximum absolute atomic E-state index is 5.91. The average Bonchev–Trinajstić information content (AvgIpc) is 2.13. The highest BCUT2D eigenvalue weighted by Gasteiger charge is 2.11. The first kappa shape index (κ1) is 12.9. The lowest BCUT2D eigenvalue weighted by atomic mass is 10.1. The minimum Gasteiger partial charge on any atom is -0.328 e. The normalized spacial score (nSPS) is 16.2. The molecule has 2 atom stereocenters. The third kappa shape index (κ3) is 6.05. The van der Waals surface area contributed by atoms with Gasteiger partial charge in [0.25, 0.3) is 0 Å². The van der Waals surface area contributed by atoms with Crippen LogP contribution in [0.4, 0.5) is 0 Å². The highest BCUT2D eigenvalue weighted by molar-refractivity contribution is 4.70. The van der Waals surface area contributed by atoms with Crippen molar-refractivity contribution in [3.05, 3.63) is 0 Å². The highest BCUT2D eigenvalue weighted by Crippen LogP contribution is 2.06. The van der Waals surface area contributed by atoms with Crippen LogP contribution in [0.25, 0.3) is 0 Å². The lowest BCUT2D eigenvalue weighted by molar-refractivity contribution is 0.231. The number of hydrogen-bond acceptors (Lipinski definition) is 2. The minimum absolute atomic E-state index is 0.374. The summed E-state index contributed by atoms with van der Waals surface area (Å²) in [4.78, 5) is 2.42. The molecule has 2 nitrogen and oxygen atoms in total. The Hall–Kier alpha value is -0.0800. The van der Waals surface area contributed by atoms with Crippen molar-refractivity contribution in [1.82, 2.24) is 4.90 Å². The Morgan fingerprint density at radius 1 is 1.31 bits per heavy atom. The van der Waals surface area contributed by atoms with E-state index in [1.165, 1.54) is 19.4 Å². The topological polar surface area (TPSA) is 29.3 Å². The van der Waals surface area contributed by atoms with E-state index in [0.29, 0.717) is 12.1 Å². The van der Waals surface area contributed by atoms with Gasteiger partial charge in [-0.3, -0.25) is 0 Å². The summed E-state index contributed by atoms with van der Waals surface area (Å²) in [5, 5.41) is 0. The summed E-state index contributed by atoms with van der Waals surface area (Å²) in [7, 11) is 2.20. The lowest BCUT2D eigenvalue weighted by Crippen LogP contribution is -2.35. The van der Waals surface area contributed by atoms with Crippen LogP contribution in [0.1, 0.15) is 46.5 Å².